The smallest absolute Gasteiger partial charge is 0.262 e. The molecule has 30 heavy (non-hydrogen) atoms. The van der Waals surface area contributed by atoms with Crippen LogP contribution in [0.25, 0.3) is 16.7 Å². The molecule has 0 atom stereocenters. The second-order valence-electron chi connectivity index (χ2n) is 8.47. The van der Waals surface area contributed by atoms with E-state index in [0.717, 1.165) is 24.8 Å². The quantitative estimate of drug-likeness (QED) is 0.582. The molecule has 0 aliphatic heterocycles. The van der Waals surface area contributed by atoms with Gasteiger partial charge in [0.25, 0.3) is 5.56 Å². The van der Waals surface area contributed by atoms with E-state index < -0.39 is 0 Å². The molecule has 1 N–H and O–H groups in total. The minimum atomic E-state index is -0.0438. The zero-order valence-corrected chi connectivity index (χ0v) is 18.5. The SMILES string of the molecule is CC(C)CCn1c(=O)c2ccccc2n2c(SCC(=O)NC3CCCCC3)nnc12. The summed E-state index contributed by atoms with van der Waals surface area (Å²) in [5, 5.41) is 13.1. The molecule has 2 aromatic heterocycles. The van der Waals surface area contributed by atoms with Crippen LogP contribution in [-0.4, -0.2) is 36.9 Å². The molecule has 160 valence electrons. The van der Waals surface area contributed by atoms with E-state index in [1.54, 1.807) is 4.57 Å². The molecule has 4 rings (SSSR count). The Kier molecular flexibility index (Phi) is 6.41. The van der Waals surface area contributed by atoms with Gasteiger partial charge in [0.2, 0.25) is 11.7 Å². The molecule has 1 aromatic carbocycles. The third-order valence-corrected chi connectivity index (χ3v) is 6.64. The van der Waals surface area contributed by atoms with Crippen LogP contribution in [0.5, 0.6) is 0 Å². The predicted molar refractivity (Wildman–Crippen MR) is 120 cm³/mol. The Morgan fingerprint density at radius 2 is 1.97 bits per heavy atom. The minimum Gasteiger partial charge on any atom is -0.353 e. The van der Waals surface area contributed by atoms with E-state index in [-0.39, 0.29) is 17.2 Å². The number of nitrogens with zero attached hydrogens (tertiary/aromatic N) is 4. The lowest BCUT2D eigenvalue weighted by atomic mass is 9.95. The highest BCUT2D eigenvalue weighted by molar-refractivity contribution is 7.99. The predicted octanol–water partition coefficient (Wildman–Crippen LogP) is 3.63. The van der Waals surface area contributed by atoms with Crippen LogP contribution in [0.15, 0.2) is 34.2 Å². The molecule has 0 bridgehead atoms. The van der Waals surface area contributed by atoms with Gasteiger partial charge in [-0.25, -0.2) is 0 Å². The number of fused-ring (bicyclic) bond motifs is 3. The second-order valence-corrected chi connectivity index (χ2v) is 9.41. The highest BCUT2D eigenvalue weighted by atomic mass is 32.2. The summed E-state index contributed by atoms with van der Waals surface area (Å²) in [7, 11) is 0. The van der Waals surface area contributed by atoms with Gasteiger partial charge in [0.1, 0.15) is 0 Å². The van der Waals surface area contributed by atoms with E-state index in [1.165, 1.54) is 31.0 Å². The highest BCUT2D eigenvalue weighted by Gasteiger charge is 2.19. The first-order valence-electron chi connectivity index (χ1n) is 10.8. The van der Waals surface area contributed by atoms with Gasteiger partial charge in [-0.05, 0) is 37.3 Å². The van der Waals surface area contributed by atoms with Crippen LogP contribution in [0.2, 0.25) is 0 Å². The van der Waals surface area contributed by atoms with Crippen LogP contribution >= 0.6 is 11.8 Å². The summed E-state index contributed by atoms with van der Waals surface area (Å²) < 4.78 is 3.62. The van der Waals surface area contributed by atoms with E-state index in [1.807, 2.05) is 28.7 Å². The van der Waals surface area contributed by atoms with Crippen LogP contribution < -0.4 is 10.9 Å². The second kappa shape index (κ2) is 9.20. The zero-order valence-electron chi connectivity index (χ0n) is 17.6. The fourth-order valence-electron chi connectivity index (χ4n) is 4.06. The van der Waals surface area contributed by atoms with Crippen molar-refractivity contribution in [1.29, 1.82) is 0 Å². The van der Waals surface area contributed by atoms with Gasteiger partial charge in [-0.15, -0.1) is 10.2 Å². The van der Waals surface area contributed by atoms with Gasteiger partial charge in [-0.3, -0.25) is 18.6 Å². The highest BCUT2D eigenvalue weighted by Crippen LogP contribution is 2.22. The summed E-state index contributed by atoms with van der Waals surface area (Å²) in [4.78, 5) is 25.5. The lowest BCUT2D eigenvalue weighted by Gasteiger charge is -2.22. The molecule has 8 heteroatoms. The minimum absolute atomic E-state index is 0.0288. The molecule has 0 unspecified atom stereocenters. The van der Waals surface area contributed by atoms with E-state index in [2.05, 4.69) is 29.4 Å². The number of aromatic nitrogens is 4. The molecule has 1 aliphatic carbocycles. The van der Waals surface area contributed by atoms with Crippen LogP contribution in [0.3, 0.4) is 0 Å². The lowest BCUT2D eigenvalue weighted by molar-refractivity contribution is -0.119. The molecule has 1 fully saturated rings. The van der Waals surface area contributed by atoms with E-state index >= 15 is 0 Å². The van der Waals surface area contributed by atoms with Gasteiger partial charge in [0.05, 0.1) is 16.7 Å². The van der Waals surface area contributed by atoms with E-state index in [4.69, 9.17) is 0 Å². The number of benzene rings is 1. The van der Waals surface area contributed by atoms with Crippen LogP contribution in [0, 0.1) is 5.92 Å². The van der Waals surface area contributed by atoms with Crippen molar-refractivity contribution >= 4 is 34.3 Å². The molecule has 0 spiro atoms. The number of carbonyl (C=O) groups excluding carboxylic acids is 1. The van der Waals surface area contributed by atoms with Gasteiger partial charge in [0, 0.05) is 12.6 Å². The Bertz CT molecular complexity index is 1100. The molecule has 1 saturated carbocycles. The van der Waals surface area contributed by atoms with Crippen molar-refractivity contribution in [3.8, 4) is 0 Å². The van der Waals surface area contributed by atoms with Crippen molar-refractivity contribution in [2.24, 2.45) is 5.92 Å². The normalized spacial score (nSPS) is 15.3. The molecule has 0 radical (unpaired) electrons. The number of para-hydroxylation sites is 1. The van der Waals surface area contributed by atoms with E-state index in [0.29, 0.717) is 34.8 Å². The molecular formula is C22H29N5O2S. The largest absolute Gasteiger partial charge is 0.353 e. The molecule has 1 aliphatic rings. The first kappa shape index (κ1) is 20.9. The molecular weight excluding hydrogens is 398 g/mol. The number of carbonyl (C=O) groups is 1. The van der Waals surface area contributed by atoms with Crippen LogP contribution in [0.1, 0.15) is 52.4 Å². The van der Waals surface area contributed by atoms with Gasteiger partial charge < -0.3 is 5.32 Å². The first-order valence-corrected chi connectivity index (χ1v) is 11.8. The van der Waals surface area contributed by atoms with Crippen molar-refractivity contribution < 1.29 is 4.79 Å². The number of hydrogen-bond acceptors (Lipinski definition) is 5. The summed E-state index contributed by atoms with van der Waals surface area (Å²) in [5.41, 5.74) is 0.733. The van der Waals surface area contributed by atoms with Crippen molar-refractivity contribution in [2.45, 2.75) is 70.1 Å². The molecule has 7 nitrogen and oxygen atoms in total. The summed E-state index contributed by atoms with van der Waals surface area (Å²) in [6.45, 7) is 4.87. The Morgan fingerprint density at radius 3 is 2.73 bits per heavy atom. The molecule has 2 heterocycles. The van der Waals surface area contributed by atoms with Crippen LogP contribution in [0.4, 0.5) is 0 Å². The molecule has 1 amide bonds. The average molecular weight is 428 g/mol. The number of aryl methyl sites for hydroxylation is 1. The van der Waals surface area contributed by atoms with Crippen molar-refractivity contribution in [3.05, 3.63) is 34.6 Å². The molecule has 0 saturated heterocycles. The Morgan fingerprint density at radius 1 is 1.20 bits per heavy atom. The summed E-state index contributed by atoms with van der Waals surface area (Å²) in [6, 6.07) is 7.82. The fourth-order valence-corrected chi connectivity index (χ4v) is 4.81. The van der Waals surface area contributed by atoms with E-state index in [9.17, 15) is 9.59 Å². The van der Waals surface area contributed by atoms with Crippen molar-refractivity contribution in [2.75, 3.05) is 5.75 Å². The monoisotopic (exact) mass is 427 g/mol. The van der Waals surface area contributed by atoms with Crippen molar-refractivity contribution in [3.63, 3.8) is 0 Å². The first-order chi connectivity index (χ1) is 14.5. The Hall–Kier alpha value is -2.35. The lowest BCUT2D eigenvalue weighted by Crippen LogP contribution is -2.37. The number of rotatable bonds is 7. The summed E-state index contributed by atoms with van der Waals surface area (Å²) >= 11 is 1.37. The average Bonchev–Trinajstić information content (AvgIpc) is 3.17. The summed E-state index contributed by atoms with van der Waals surface area (Å²) in [6.07, 6.45) is 6.65. The van der Waals surface area contributed by atoms with Crippen molar-refractivity contribution in [1.82, 2.24) is 24.5 Å². The number of thioether (sulfide) groups is 1. The molecule has 3 aromatic rings. The van der Waals surface area contributed by atoms with Gasteiger partial charge in [-0.1, -0.05) is 57.0 Å². The zero-order chi connectivity index (χ0) is 21.1. The van der Waals surface area contributed by atoms with Gasteiger partial charge >= 0.3 is 0 Å². The summed E-state index contributed by atoms with van der Waals surface area (Å²) in [5.74, 6) is 1.33. The van der Waals surface area contributed by atoms with Gasteiger partial charge in [0.15, 0.2) is 5.16 Å². The Labute approximate surface area is 180 Å². The number of amides is 1. The Balaban J connectivity index is 1.62. The van der Waals surface area contributed by atoms with Gasteiger partial charge in [-0.2, -0.15) is 0 Å². The maximum absolute atomic E-state index is 13.1. The topological polar surface area (TPSA) is 81.3 Å². The third kappa shape index (κ3) is 4.38. The fraction of sp³-hybridized carbons (Fsp3) is 0.545. The van der Waals surface area contributed by atoms with Crippen LogP contribution in [-0.2, 0) is 11.3 Å². The maximum atomic E-state index is 13.1. The number of hydrogen-bond donors (Lipinski definition) is 1. The maximum Gasteiger partial charge on any atom is 0.262 e. The standard InChI is InChI=1S/C22H29N5O2S/c1-15(2)12-13-26-20(29)17-10-6-7-11-18(17)27-21(26)24-25-22(27)30-14-19(28)23-16-8-4-3-5-9-16/h6-7,10-11,15-16H,3-5,8-9,12-14H2,1-2H3,(H,23,28). The number of nitrogens with one attached hydrogen (secondary N) is 1. The third-order valence-electron chi connectivity index (χ3n) is 5.71.